The lowest BCUT2D eigenvalue weighted by atomic mass is 10.1. The third kappa shape index (κ3) is 2.55. The van der Waals surface area contributed by atoms with E-state index in [4.69, 9.17) is 4.42 Å². The van der Waals surface area contributed by atoms with Gasteiger partial charge in [0, 0.05) is 51.7 Å². The summed E-state index contributed by atoms with van der Waals surface area (Å²) >= 11 is 0. The Morgan fingerprint density at radius 2 is 1.94 bits per heavy atom. The average Bonchev–Trinajstić information content (AvgIpc) is 2.82. The fraction of sp³-hybridized carbons (Fsp3) is 0.833. The van der Waals surface area contributed by atoms with E-state index in [0.29, 0.717) is 0 Å². The number of aromatic nitrogens is 2. The lowest BCUT2D eigenvalue weighted by Gasteiger charge is -2.46. The topological polar surface area (TPSA) is 57.4 Å². The molecule has 0 aliphatic carbocycles. The minimum Gasteiger partial charge on any atom is -0.424 e. The first-order valence-electron chi connectivity index (χ1n) is 6.83. The first-order chi connectivity index (χ1) is 8.85. The highest BCUT2D eigenvalue weighted by Gasteiger charge is 2.32. The van der Waals surface area contributed by atoms with E-state index in [1.54, 1.807) is 0 Å². The maximum Gasteiger partial charge on any atom is 0.230 e. The van der Waals surface area contributed by atoms with E-state index in [2.05, 4.69) is 25.3 Å². The highest BCUT2D eigenvalue weighted by atomic mass is 16.4. The number of nitrogens with one attached hydrogen (secondary N) is 1. The second-order valence-electron chi connectivity index (χ2n) is 5.08. The molecule has 2 saturated heterocycles. The minimum atomic E-state index is 0.723. The lowest BCUT2D eigenvalue weighted by Crippen LogP contribution is -2.62. The molecule has 2 aliphatic heterocycles. The van der Waals surface area contributed by atoms with Crippen molar-refractivity contribution < 1.29 is 4.42 Å². The first kappa shape index (κ1) is 12.1. The molecule has 6 heteroatoms. The second kappa shape index (κ2) is 5.34. The van der Waals surface area contributed by atoms with Crippen molar-refractivity contribution in [1.29, 1.82) is 0 Å². The molecule has 6 nitrogen and oxygen atoms in total. The molecule has 0 radical (unpaired) electrons. The number of rotatable bonds is 4. The Morgan fingerprint density at radius 1 is 1.22 bits per heavy atom. The Bertz CT molecular complexity index is 382. The van der Waals surface area contributed by atoms with Crippen LogP contribution in [0.25, 0.3) is 0 Å². The first-order valence-corrected chi connectivity index (χ1v) is 6.83. The van der Waals surface area contributed by atoms with Crippen molar-refractivity contribution in [2.75, 3.05) is 39.3 Å². The summed E-state index contributed by atoms with van der Waals surface area (Å²) in [5.74, 6) is 1.50. The summed E-state index contributed by atoms with van der Waals surface area (Å²) in [6.07, 6.45) is 0.816. The van der Waals surface area contributed by atoms with Gasteiger partial charge in [-0.2, -0.15) is 0 Å². The van der Waals surface area contributed by atoms with Gasteiger partial charge in [0.1, 0.15) is 0 Å². The summed E-state index contributed by atoms with van der Waals surface area (Å²) in [5.41, 5.74) is 0. The molecule has 1 aromatic rings. The van der Waals surface area contributed by atoms with Crippen molar-refractivity contribution >= 4 is 0 Å². The molecule has 0 spiro atoms. The van der Waals surface area contributed by atoms with E-state index in [1.807, 2.05) is 6.92 Å². The van der Waals surface area contributed by atoms with Crippen LogP contribution in [0, 0.1) is 0 Å². The molecule has 100 valence electrons. The highest BCUT2D eigenvalue weighted by Crippen LogP contribution is 2.18. The number of nitrogens with zero attached hydrogens (tertiary/aromatic N) is 4. The number of aryl methyl sites for hydroxylation is 1. The molecule has 0 atom stereocenters. The Morgan fingerprint density at radius 3 is 2.61 bits per heavy atom. The zero-order valence-corrected chi connectivity index (χ0v) is 10.9. The average molecular weight is 251 g/mol. The van der Waals surface area contributed by atoms with Gasteiger partial charge in [-0.15, -0.1) is 10.2 Å². The van der Waals surface area contributed by atoms with Crippen molar-refractivity contribution in [2.45, 2.75) is 25.9 Å². The van der Waals surface area contributed by atoms with Gasteiger partial charge in [-0.3, -0.25) is 9.80 Å². The van der Waals surface area contributed by atoms with Crippen LogP contribution >= 0.6 is 0 Å². The molecule has 0 saturated carbocycles. The second-order valence-corrected chi connectivity index (χ2v) is 5.08. The van der Waals surface area contributed by atoms with Crippen LogP contribution in [0.5, 0.6) is 0 Å². The molecule has 2 fully saturated rings. The fourth-order valence-electron chi connectivity index (χ4n) is 2.64. The third-order valence-corrected chi connectivity index (χ3v) is 3.78. The van der Waals surface area contributed by atoms with Gasteiger partial charge in [0.2, 0.25) is 11.8 Å². The molecular formula is C12H21N5O. The summed E-state index contributed by atoms with van der Waals surface area (Å²) in [6.45, 7) is 9.70. The van der Waals surface area contributed by atoms with Crippen LogP contribution in [0.4, 0.5) is 0 Å². The van der Waals surface area contributed by atoms with Gasteiger partial charge in [0.15, 0.2) is 0 Å². The van der Waals surface area contributed by atoms with Gasteiger partial charge in [0.05, 0.1) is 6.54 Å². The van der Waals surface area contributed by atoms with E-state index in [-0.39, 0.29) is 0 Å². The van der Waals surface area contributed by atoms with Gasteiger partial charge in [-0.1, -0.05) is 6.92 Å². The quantitative estimate of drug-likeness (QED) is 0.794. The minimum absolute atomic E-state index is 0.723. The van der Waals surface area contributed by atoms with Crippen molar-refractivity contribution in [1.82, 2.24) is 25.3 Å². The predicted octanol–water partition coefficient (Wildman–Crippen LogP) is -0.279. The molecule has 3 rings (SSSR count). The van der Waals surface area contributed by atoms with Gasteiger partial charge < -0.3 is 9.73 Å². The van der Waals surface area contributed by atoms with E-state index in [1.165, 1.54) is 13.1 Å². The van der Waals surface area contributed by atoms with Gasteiger partial charge in [0.25, 0.3) is 0 Å². The summed E-state index contributed by atoms with van der Waals surface area (Å²) < 4.78 is 5.53. The molecule has 0 amide bonds. The van der Waals surface area contributed by atoms with Gasteiger partial charge in [-0.05, 0) is 0 Å². The maximum absolute atomic E-state index is 5.53. The van der Waals surface area contributed by atoms with Crippen LogP contribution in [0.15, 0.2) is 4.42 Å². The number of likely N-dealkylation sites (tertiary alicyclic amines) is 1. The summed E-state index contributed by atoms with van der Waals surface area (Å²) in [6, 6.07) is 0.723. The highest BCUT2D eigenvalue weighted by molar-refractivity contribution is 4.92. The monoisotopic (exact) mass is 251 g/mol. The molecular weight excluding hydrogens is 230 g/mol. The van der Waals surface area contributed by atoms with Crippen molar-refractivity contribution in [3.05, 3.63) is 11.8 Å². The molecule has 0 aromatic carbocycles. The zero-order valence-electron chi connectivity index (χ0n) is 10.9. The Balaban J connectivity index is 1.44. The van der Waals surface area contributed by atoms with Crippen molar-refractivity contribution in [3.63, 3.8) is 0 Å². The van der Waals surface area contributed by atoms with Crippen molar-refractivity contribution in [2.24, 2.45) is 0 Å². The number of piperazine rings is 1. The summed E-state index contributed by atoms with van der Waals surface area (Å²) in [7, 11) is 0. The molecule has 18 heavy (non-hydrogen) atoms. The molecule has 3 heterocycles. The SMILES string of the molecule is CCc1nnc(CN2CC(N3CCNCC3)C2)o1. The molecule has 0 bridgehead atoms. The Kier molecular flexibility index (Phi) is 3.58. The zero-order chi connectivity index (χ0) is 12.4. The van der Waals surface area contributed by atoms with Gasteiger partial charge >= 0.3 is 0 Å². The smallest absolute Gasteiger partial charge is 0.230 e. The Labute approximate surface area is 107 Å². The largest absolute Gasteiger partial charge is 0.424 e. The van der Waals surface area contributed by atoms with Crippen LogP contribution < -0.4 is 5.32 Å². The Hall–Kier alpha value is -0.980. The van der Waals surface area contributed by atoms with E-state index in [9.17, 15) is 0 Å². The van der Waals surface area contributed by atoms with E-state index in [0.717, 1.165) is 57.0 Å². The van der Waals surface area contributed by atoms with E-state index < -0.39 is 0 Å². The molecule has 1 aromatic heterocycles. The molecule has 1 N–H and O–H groups in total. The fourth-order valence-corrected chi connectivity index (χ4v) is 2.64. The van der Waals surface area contributed by atoms with Crippen LogP contribution in [0.1, 0.15) is 18.7 Å². The standard InChI is InChI=1S/C12H21N5O/c1-2-11-14-15-12(18-11)9-16-7-10(8-16)17-5-3-13-4-6-17/h10,13H,2-9H2,1H3. The lowest BCUT2D eigenvalue weighted by molar-refractivity contribution is 0.0174. The maximum atomic E-state index is 5.53. The van der Waals surface area contributed by atoms with E-state index >= 15 is 0 Å². The van der Waals surface area contributed by atoms with Crippen LogP contribution in [0.2, 0.25) is 0 Å². The molecule has 0 unspecified atom stereocenters. The van der Waals surface area contributed by atoms with Crippen LogP contribution in [0.3, 0.4) is 0 Å². The summed E-state index contributed by atoms with van der Waals surface area (Å²) in [4.78, 5) is 4.96. The number of hydrogen-bond donors (Lipinski definition) is 1. The third-order valence-electron chi connectivity index (χ3n) is 3.78. The summed E-state index contributed by atoms with van der Waals surface area (Å²) in [5, 5.41) is 11.4. The van der Waals surface area contributed by atoms with Gasteiger partial charge in [-0.25, -0.2) is 0 Å². The van der Waals surface area contributed by atoms with Crippen LogP contribution in [-0.4, -0.2) is 65.3 Å². The van der Waals surface area contributed by atoms with Crippen molar-refractivity contribution in [3.8, 4) is 0 Å². The number of hydrogen-bond acceptors (Lipinski definition) is 6. The van der Waals surface area contributed by atoms with Crippen LogP contribution in [-0.2, 0) is 13.0 Å². The normalized spacial score (nSPS) is 23.2. The predicted molar refractivity (Wildman–Crippen MR) is 67.2 cm³/mol. The molecule has 2 aliphatic rings.